The van der Waals surface area contributed by atoms with Crippen molar-refractivity contribution in [3.05, 3.63) is 113 Å². The minimum absolute atomic E-state index is 0.0323. The minimum Gasteiger partial charge on any atom is -0.508 e. The van der Waals surface area contributed by atoms with E-state index in [2.05, 4.69) is 10.6 Å². The molecule has 2 atom stereocenters. The second-order valence-corrected chi connectivity index (χ2v) is 9.42. The van der Waals surface area contributed by atoms with Crippen LogP contribution in [0.25, 0.3) is 0 Å². The van der Waals surface area contributed by atoms with Crippen LogP contribution in [-0.4, -0.2) is 33.6 Å². The van der Waals surface area contributed by atoms with Gasteiger partial charge in [-0.15, -0.1) is 0 Å². The highest BCUT2D eigenvalue weighted by Crippen LogP contribution is 2.43. The van der Waals surface area contributed by atoms with E-state index in [0.717, 1.165) is 11.1 Å². The standard InChI is InChI=1S/C31H28N2O8/c34-22-14-24(35)23-16-25(36)29(39-27(23)15-22)21-11-12-26(40-30(37)32-17-19-7-3-1-4-8-19)28(13-21)41-31(38)33-18-20-9-5-2-6-10-20/h1-15,25,29,34-36H,16-18H2,(H,32,37)(H,33,38). The van der Waals surface area contributed by atoms with Crippen molar-refractivity contribution in [1.29, 1.82) is 0 Å². The molecule has 1 heterocycles. The molecule has 1 aliphatic rings. The van der Waals surface area contributed by atoms with Gasteiger partial charge in [-0.2, -0.15) is 0 Å². The van der Waals surface area contributed by atoms with Gasteiger partial charge in [0.05, 0.1) is 6.10 Å². The number of hydrogen-bond acceptors (Lipinski definition) is 8. The number of nitrogens with one attached hydrogen (secondary N) is 2. The van der Waals surface area contributed by atoms with Crippen LogP contribution in [0, 0.1) is 0 Å². The third kappa shape index (κ3) is 6.87. The number of aliphatic hydroxyl groups excluding tert-OH is 1. The molecule has 210 valence electrons. The second-order valence-electron chi connectivity index (χ2n) is 9.42. The predicted molar refractivity (Wildman–Crippen MR) is 148 cm³/mol. The van der Waals surface area contributed by atoms with Crippen molar-refractivity contribution in [2.24, 2.45) is 0 Å². The largest absolute Gasteiger partial charge is 0.508 e. The van der Waals surface area contributed by atoms with E-state index in [1.165, 1.54) is 24.3 Å². The number of carbonyl (C=O) groups is 2. The molecule has 5 N–H and O–H groups in total. The van der Waals surface area contributed by atoms with Crippen molar-refractivity contribution in [2.75, 3.05) is 0 Å². The van der Waals surface area contributed by atoms with Gasteiger partial charge >= 0.3 is 12.2 Å². The molecule has 2 amide bonds. The van der Waals surface area contributed by atoms with Crippen LogP contribution in [0.5, 0.6) is 28.7 Å². The van der Waals surface area contributed by atoms with E-state index >= 15 is 0 Å². The van der Waals surface area contributed by atoms with Crippen LogP contribution in [0.4, 0.5) is 9.59 Å². The fourth-order valence-electron chi connectivity index (χ4n) is 4.43. The Bertz CT molecular complexity index is 1530. The number of phenols is 2. The summed E-state index contributed by atoms with van der Waals surface area (Å²) >= 11 is 0. The quantitative estimate of drug-likeness (QED) is 0.220. The van der Waals surface area contributed by atoms with Gasteiger partial charge in [0.1, 0.15) is 23.4 Å². The first-order valence-corrected chi connectivity index (χ1v) is 12.9. The maximum atomic E-state index is 12.7. The molecule has 0 aromatic heterocycles. The summed E-state index contributed by atoms with van der Waals surface area (Å²) in [5, 5.41) is 36.2. The van der Waals surface area contributed by atoms with Crippen molar-refractivity contribution >= 4 is 12.2 Å². The van der Waals surface area contributed by atoms with E-state index in [9.17, 15) is 24.9 Å². The molecule has 10 heteroatoms. The van der Waals surface area contributed by atoms with Crippen LogP contribution >= 0.6 is 0 Å². The lowest BCUT2D eigenvalue weighted by Gasteiger charge is -2.31. The molecule has 0 spiro atoms. The molecule has 0 aliphatic carbocycles. The lowest BCUT2D eigenvalue weighted by atomic mass is 9.94. The summed E-state index contributed by atoms with van der Waals surface area (Å²) in [4.78, 5) is 25.3. The number of phenolic OH excluding ortho intramolecular Hbond substituents is 2. The number of rotatable bonds is 7. The van der Waals surface area contributed by atoms with Gasteiger partial charge in [-0.05, 0) is 28.8 Å². The summed E-state index contributed by atoms with van der Waals surface area (Å²) in [5.74, 6) is -0.289. The monoisotopic (exact) mass is 556 g/mol. The Morgan fingerprint density at radius 3 is 1.98 bits per heavy atom. The van der Waals surface area contributed by atoms with Crippen LogP contribution in [0.1, 0.15) is 28.4 Å². The van der Waals surface area contributed by atoms with Crippen LogP contribution < -0.4 is 24.8 Å². The first kappa shape index (κ1) is 27.4. The van der Waals surface area contributed by atoms with Gasteiger partial charge in [0.15, 0.2) is 11.5 Å². The fourth-order valence-corrected chi connectivity index (χ4v) is 4.43. The Balaban J connectivity index is 1.36. The molecule has 2 unspecified atom stereocenters. The summed E-state index contributed by atoms with van der Waals surface area (Å²) in [6.45, 7) is 0.439. The highest BCUT2D eigenvalue weighted by molar-refractivity contribution is 5.74. The Kier molecular flexibility index (Phi) is 8.21. The zero-order valence-corrected chi connectivity index (χ0v) is 21.8. The van der Waals surface area contributed by atoms with E-state index in [1.807, 2.05) is 60.7 Å². The number of aromatic hydroxyl groups is 2. The molecule has 5 rings (SSSR count). The molecule has 4 aromatic carbocycles. The number of hydrogen-bond donors (Lipinski definition) is 5. The molecule has 1 aliphatic heterocycles. The van der Waals surface area contributed by atoms with Crippen molar-refractivity contribution < 1.29 is 39.1 Å². The second kappa shape index (κ2) is 12.3. The van der Waals surface area contributed by atoms with Gasteiger partial charge in [0, 0.05) is 37.2 Å². The number of aliphatic hydroxyl groups is 1. The van der Waals surface area contributed by atoms with Gasteiger partial charge in [-0.3, -0.25) is 0 Å². The third-order valence-corrected chi connectivity index (χ3v) is 6.45. The fraction of sp³-hybridized carbons (Fsp3) is 0.161. The summed E-state index contributed by atoms with van der Waals surface area (Å²) in [5.41, 5.74) is 2.50. The predicted octanol–water partition coefficient (Wildman–Crippen LogP) is 4.71. The summed E-state index contributed by atoms with van der Waals surface area (Å²) in [7, 11) is 0. The Morgan fingerprint density at radius 2 is 1.37 bits per heavy atom. The smallest absolute Gasteiger partial charge is 0.413 e. The van der Waals surface area contributed by atoms with Crippen LogP contribution in [-0.2, 0) is 19.5 Å². The summed E-state index contributed by atoms with van der Waals surface area (Å²) < 4.78 is 16.9. The third-order valence-electron chi connectivity index (χ3n) is 6.45. The average Bonchev–Trinajstić information content (AvgIpc) is 2.97. The Hall–Kier alpha value is -5.22. The topological polar surface area (TPSA) is 147 Å². The normalized spacial score (nSPS) is 15.6. The average molecular weight is 557 g/mol. The maximum absolute atomic E-state index is 12.7. The van der Waals surface area contributed by atoms with E-state index in [4.69, 9.17) is 14.2 Å². The number of fused-ring (bicyclic) bond motifs is 1. The number of carbonyl (C=O) groups excluding carboxylic acids is 2. The molecule has 0 saturated carbocycles. The first-order chi connectivity index (χ1) is 19.9. The Labute approximate surface area is 235 Å². The molecule has 4 aromatic rings. The minimum atomic E-state index is -1.07. The molecule has 10 nitrogen and oxygen atoms in total. The van der Waals surface area contributed by atoms with Gasteiger partial charge in [-0.1, -0.05) is 66.7 Å². The van der Waals surface area contributed by atoms with E-state index < -0.39 is 24.4 Å². The van der Waals surface area contributed by atoms with Gasteiger partial charge in [0.25, 0.3) is 0 Å². The summed E-state index contributed by atoms with van der Waals surface area (Å²) in [6, 6.07) is 25.5. The first-order valence-electron chi connectivity index (χ1n) is 12.9. The van der Waals surface area contributed by atoms with E-state index in [-0.39, 0.29) is 48.3 Å². The van der Waals surface area contributed by atoms with Crippen molar-refractivity contribution in [3.8, 4) is 28.7 Å². The van der Waals surface area contributed by atoms with Crippen molar-refractivity contribution in [1.82, 2.24) is 10.6 Å². The molecular formula is C31H28N2O8. The molecule has 0 fully saturated rings. The highest BCUT2D eigenvalue weighted by atomic mass is 16.6. The zero-order chi connectivity index (χ0) is 28.8. The lowest BCUT2D eigenvalue weighted by Crippen LogP contribution is -2.31. The van der Waals surface area contributed by atoms with Crippen LogP contribution in [0.2, 0.25) is 0 Å². The maximum Gasteiger partial charge on any atom is 0.413 e. The molecule has 0 radical (unpaired) electrons. The van der Waals surface area contributed by atoms with Gasteiger partial charge < -0.3 is 40.2 Å². The number of ether oxygens (including phenoxy) is 3. The van der Waals surface area contributed by atoms with Gasteiger partial charge in [-0.25, -0.2) is 9.59 Å². The van der Waals surface area contributed by atoms with Gasteiger partial charge in [0.2, 0.25) is 0 Å². The van der Waals surface area contributed by atoms with E-state index in [1.54, 1.807) is 6.07 Å². The highest BCUT2D eigenvalue weighted by Gasteiger charge is 2.33. The molecule has 0 saturated heterocycles. The Morgan fingerprint density at radius 1 is 0.780 bits per heavy atom. The zero-order valence-electron chi connectivity index (χ0n) is 21.8. The SMILES string of the molecule is O=C(NCc1ccccc1)Oc1ccc(C2Oc3cc(O)cc(O)c3CC2O)cc1OC(=O)NCc1ccccc1. The lowest BCUT2D eigenvalue weighted by molar-refractivity contribution is 0.0197. The van der Waals surface area contributed by atoms with Crippen LogP contribution in [0.3, 0.4) is 0 Å². The molecular weight excluding hydrogens is 528 g/mol. The molecule has 0 bridgehead atoms. The number of benzene rings is 4. The van der Waals surface area contributed by atoms with Crippen molar-refractivity contribution in [3.63, 3.8) is 0 Å². The summed E-state index contributed by atoms with van der Waals surface area (Å²) in [6.07, 6.45) is -3.49. The van der Waals surface area contributed by atoms with Crippen molar-refractivity contribution in [2.45, 2.75) is 31.7 Å². The molecule has 41 heavy (non-hydrogen) atoms. The van der Waals surface area contributed by atoms with E-state index in [0.29, 0.717) is 11.1 Å². The number of amides is 2. The van der Waals surface area contributed by atoms with Crippen LogP contribution in [0.15, 0.2) is 91.0 Å².